The molecular formula is C12H12O4. The molecule has 16 heavy (non-hydrogen) atoms. The van der Waals surface area contributed by atoms with Gasteiger partial charge in [0, 0.05) is 6.42 Å². The highest BCUT2D eigenvalue weighted by molar-refractivity contribution is 5.67. The molecule has 0 spiro atoms. The highest BCUT2D eigenvalue weighted by Crippen LogP contribution is 2.32. The minimum absolute atomic E-state index is 0.154. The molecule has 0 fully saturated rings. The molecule has 2 rings (SSSR count). The lowest BCUT2D eigenvalue weighted by atomic mass is 10.1. The Kier molecular flexibility index (Phi) is 3.10. The third kappa shape index (κ3) is 2.53. The number of hydrogen-bond acceptors (Lipinski definition) is 3. The minimum Gasteiger partial charge on any atom is -0.481 e. The van der Waals surface area contributed by atoms with E-state index in [0.717, 1.165) is 17.1 Å². The van der Waals surface area contributed by atoms with Crippen molar-refractivity contribution in [2.45, 2.75) is 12.8 Å². The summed E-state index contributed by atoms with van der Waals surface area (Å²) in [5.74, 6) is 0.707. The molecule has 0 radical (unpaired) electrons. The van der Waals surface area contributed by atoms with Crippen LogP contribution in [-0.4, -0.2) is 17.9 Å². The molecule has 0 bridgehead atoms. The molecule has 0 saturated heterocycles. The summed E-state index contributed by atoms with van der Waals surface area (Å²) in [7, 11) is 0. The molecule has 84 valence electrons. The van der Waals surface area contributed by atoms with E-state index < -0.39 is 5.97 Å². The van der Waals surface area contributed by atoms with Crippen LogP contribution in [0.5, 0.6) is 11.5 Å². The maximum Gasteiger partial charge on any atom is 0.303 e. The highest BCUT2D eigenvalue weighted by Gasteiger charge is 2.11. The van der Waals surface area contributed by atoms with E-state index in [1.807, 2.05) is 30.4 Å². The smallest absolute Gasteiger partial charge is 0.303 e. The molecule has 0 unspecified atom stereocenters. The fourth-order valence-corrected chi connectivity index (χ4v) is 1.44. The van der Waals surface area contributed by atoms with Crippen molar-refractivity contribution in [1.29, 1.82) is 0 Å². The Hall–Kier alpha value is -1.97. The van der Waals surface area contributed by atoms with E-state index in [1.54, 1.807) is 0 Å². The lowest BCUT2D eigenvalue weighted by molar-refractivity contribution is -0.136. The van der Waals surface area contributed by atoms with Crippen molar-refractivity contribution in [3.05, 3.63) is 29.8 Å². The van der Waals surface area contributed by atoms with Gasteiger partial charge in [-0.05, 0) is 24.1 Å². The van der Waals surface area contributed by atoms with Crippen molar-refractivity contribution in [3.8, 4) is 11.5 Å². The fourth-order valence-electron chi connectivity index (χ4n) is 1.44. The van der Waals surface area contributed by atoms with Gasteiger partial charge in [0.1, 0.15) is 0 Å². The first kappa shape index (κ1) is 10.5. The quantitative estimate of drug-likeness (QED) is 0.845. The molecule has 1 aliphatic heterocycles. The van der Waals surface area contributed by atoms with E-state index in [2.05, 4.69) is 0 Å². The average molecular weight is 220 g/mol. The standard InChI is InChI=1S/C12H12O4/c13-12(14)4-2-1-3-9-5-6-10-11(7-9)16-8-15-10/h1,3,5-7H,2,4,8H2,(H,13,14). The van der Waals surface area contributed by atoms with Crippen molar-refractivity contribution in [1.82, 2.24) is 0 Å². The van der Waals surface area contributed by atoms with Gasteiger partial charge in [0.2, 0.25) is 6.79 Å². The first-order valence-electron chi connectivity index (χ1n) is 5.04. The summed E-state index contributed by atoms with van der Waals surface area (Å²) in [5.41, 5.74) is 0.981. The van der Waals surface area contributed by atoms with E-state index in [0.29, 0.717) is 6.42 Å². The summed E-state index contributed by atoms with van der Waals surface area (Å²) < 4.78 is 10.4. The summed E-state index contributed by atoms with van der Waals surface area (Å²) in [6.45, 7) is 0.265. The Labute approximate surface area is 93.1 Å². The van der Waals surface area contributed by atoms with Crippen LogP contribution in [0, 0.1) is 0 Å². The van der Waals surface area contributed by atoms with Crippen LogP contribution in [0.2, 0.25) is 0 Å². The predicted octanol–water partition coefficient (Wildman–Crippen LogP) is 2.29. The van der Waals surface area contributed by atoms with Crippen molar-refractivity contribution in [2.75, 3.05) is 6.79 Å². The third-order valence-electron chi connectivity index (χ3n) is 2.23. The molecular weight excluding hydrogens is 208 g/mol. The molecule has 0 atom stereocenters. The van der Waals surface area contributed by atoms with Crippen molar-refractivity contribution in [3.63, 3.8) is 0 Å². The number of hydrogen-bond donors (Lipinski definition) is 1. The van der Waals surface area contributed by atoms with Crippen LogP contribution < -0.4 is 9.47 Å². The van der Waals surface area contributed by atoms with E-state index in [9.17, 15) is 4.79 Å². The zero-order valence-electron chi connectivity index (χ0n) is 8.68. The van der Waals surface area contributed by atoms with Crippen LogP contribution in [0.1, 0.15) is 18.4 Å². The maximum atomic E-state index is 10.3. The summed E-state index contributed by atoms with van der Waals surface area (Å²) in [4.78, 5) is 10.3. The Morgan fingerprint density at radius 2 is 2.19 bits per heavy atom. The van der Waals surface area contributed by atoms with Crippen LogP contribution in [-0.2, 0) is 4.79 Å². The van der Waals surface area contributed by atoms with Gasteiger partial charge in [-0.25, -0.2) is 0 Å². The van der Waals surface area contributed by atoms with Gasteiger partial charge >= 0.3 is 5.97 Å². The number of carbonyl (C=O) groups is 1. The van der Waals surface area contributed by atoms with Gasteiger partial charge in [-0.3, -0.25) is 4.79 Å². The van der Waals surface area contributed by atoms with E-state index in [-0.39, 0.29) is 13.2 Å². The first-order valence-corrected chi connectivity index (χ1v) is 5.04. The van der Waals surface area contributed by atoms with Gasteiger partial charge in [-0.15, -0.1) is 0 Å². The Morgan fingerprint density at radius 1 is 1.38 bits per heavy atom. The third-order valence-corrected chi connectivity index (χ3v) is 2.23. The predicted molar refractivity (Wildman–Crippen MR) is 58.5 cm³/mol. The fraction of sp³-hybridized carbons (Fsp3) is 0.250. The average Bonchev–Trinajstić information content (AvgIpc) is 2.71. The zero-order valence-corrected chi connectivity index (χ0v) is 8.68. The second-order valence-electron chi connectivity index (χ2n) is 3.45. The lowest BCUT2D eigenvalue weighted by Gasteiger charge is -1.97. The number of fused-ring (bicyclic) bond motifs is 1. The van der Waals surface area contributed by atoms with Crippen LogP contribution >= 0.6 is 0 Å². The van der Waals surface area contributed by atoms with Gasteiger partial charge in [0.15, 0.2) is 11.5 Å². The summed E-state index contributed by atoms with van der Waals surface area (Å²) in [5, 5.41) is 8.47. The summed E-state index contributed by atoms with van der Waals surface area (Å²) in [6.07, 6.45) is 4.40. The normalized spacial score (nSPS) is 13.2. The van der Waals surface area contributed by atoms with Crippen LogP contribution in [0.4, 0.5) is 0 Å². The molecule has 0 aliphatic carbocycles. The number of carboxylic acids is 1. The lowest BCUT2D eigenvalue weighted by Crippen LogP contribution is -1.92. The summed E-state index contributed by atoms with van der Waals surface area (Å²) >= 11 is 0. The van der Waals surface area contributed by atoms with Gasteiger partial charge in [0.25, 0.3) is 0 Å². The SMILES string of the molecule is O=C(O)CCC=Cc1ccc2c(c1)OCO2. The number of ether oxygens (including phenoxy) is 2. The molecule has 1 aromatic carbocycles. The van der Waals surface area contributed by atoms with Crippen molar-refractivity contribution >= 4 is 12.0 Å². The Balaban J connectivity index is 1.97. The molecule has 4 nitrogen and oxygen atoms in total. The van der Waals surface area contributed by atoms with Gasteiger partial charge in [-0.1, -0.05) is 18.2 Å². The number of carboxylic acid groups (broad SMARTS) is 1. The molecule has 0 amide bonds. The molecule has 1 N–H and O–H groups in total. The van der Waals surface area contributed by atoms with E-state index >= 15 is 0 Å². The van der Waals surface area contributed by atoms with Crippen molar-refractivity contribution in [2.24, 2.45) is 0 Å². The van der Waals surface area contributed by atoms with Crippen LogP contribution in [0.15, 0.2) is 24.3 Å². The molecule has 1 aromatic rings. The Bertz CT molecular complexity index is 423. The Morgan fingerprint density at radius 3 is 3.00 bits per heavy atom. The monoisotopic (exact) mass is 220 g/mol. The van der Waals surface area contributed by atoms with E-state index in [1.165, 1.54) is 0 Å². The largest absolute Gasteiger partial charge is 0.481 e. The van der Waals surface area contributed by atoms with Crippen LogP contribution in [0.3, 0.4) is 0 Å². The van der Waals surface area contributed by atoms with Gasteiger partial charge < -0.3 is 14.6 Å². The molecule has 1 heterocycles. The maximum absolute atomic E-state index is 10.3. The summed E-state index contributed by atoms with van der Waals surface area (Å²) in [6, 6.07) is 5.63. The minimum atomic E-state index is -0.782. The topological polar surface area (TPSA) is 55.8 Å². The molecule has 0 saturated carbocycles. The second-order valence-corrected chi connectivity index (χ2v) is 3.45. The number of benzene rings is 1. The van der Waals surface area contributed by atoms with Crippen molar-refractivity contribution < 1.29 is 19.4 Å². The zero-order chi connectivity index (χ0) is 11.4. The number of rotatable bonds is 4. The number of aliphatic carboxylic acids is 1. The van der Waals surface area contributed by atoms with Gasteiger partial charge in [-0.2, -0.15) is 0 Å². The highest BCUT2D eigenvalue weighted by atomic mass is 16.7. The van der Waals surface area contributed by atoms with Crippen LogP contribution in [0.25, 0.3) is 6.08 Å². The van der Waals surface area contributed by atoms with E-state index in [4.69, 9.17) is 14.6 Å². The molecule has 0 aromatic heterocycles. The molecule has 1 aliphatic rings. The molecule has 4 heteroatoms. The first-order chi connectivity index (χ1) is 7.75. The number of allylic oxidation sites excluding steroid dienone is 1. The van der Waals surface area contributed by atoms with Gasteiger partial charge in [0.05, 0.1) is 0 Å². The second kappa shape index (κ2) is 4.70.